The van der Waals surface area contributed by atoms with Gasteiger partial charge in [0.1, 0.15) is 11.6 Å². The van der Waals surface area contributed by atoms with Crippen LogP contribution in [0.3, 0.4) is 0 Å². The normalized spacial score (nSPS) is 12.5. The molecular formula is C11H19N3O2. The summed E-state index contributed by atoms with van der Waals surface area (Å²) in [6.45, 7) is 2.48. The van der Waals surface area contributed by atoms with Crippen LogP contribution in [0, 0.1) is 0 Å². The molecule has 1 aromatic heterocycles. The number of anilines is 1. The van der Waals surface area contributed by atoms with Crippen LogP contribution in [0.5, 0.6) is 0 Å². The molecular weight excluding hydrogens is 206 g/mol. The van der Waals surface area contributed by atoms with Crippen molar-refractivity contribution in [3.05, 3.63) is 17.6 Å². The van der Waals surface area contributed by atoms with Gasteiger partial charge >= 0.3 is 0 Å². The van der Waals surface area contributed by atoms with E-state index in [1.807, 2.05) is 20.0 Å². The summed E-state index contributed by atoms with van der Waals surface area (Å²) in [4.78, 5) is 8.77. The van der Waals surface area contributed by atoms with Gasteiger partial charge in [0.25, 0.3) is 0 Å². The van der Waals surface area contributed by atoms with Crippen LogP contribution in [0.25, 0.3) is 0 Å². The Labute approximate surface area is 96.2 Å². The first kappa shape index (κ1) is 12.9. The molecule has 1 atom stereocenters. The minimum Gasteiger partial charge on any atom is -0.381 e. The second kappa shape index (κ2) is 6.40. The molecule has 1 heterocycles. The number of nitrogens with one attached hydrogen (secondary N) is 1. The molecule has 0 saturated heterocycles. The van der Waals surface area contributed by atoms with Crippen molar-refractivity contribution < 1.29 is 9.47 Å². The second-order valence-corrected chi connectivity index (χ2v) is 3.59. The summed E-state index contributed by atoms with van der Waals surface area (Å²) in [5.41, 5.74) is 0.875. The fraction of sp³-hybridized carbons (Fsp3) is 0.636. The van der Waals surface area contributed by atoms with Gasteiger partial charge in [-0.3, -0.25) is 0 Å². The highest BCUT2D eigenvalue weighted by atomic mass is 16.5. The van der Waals surface area contributed by atoms with Gasteiger partial charge in [0, 0.05) is 33.8 Å². The Kier molecular flexibility index (Phi) is 5.14. The minimum atomic E-state index is 0.113. The highest BCUT2D eigenvalue weighted by molar-refractivity contribution is 5.35. The van der Waals surface area contributed by atoms with E-state index in [9.17, 15) is 0 Å². The van der Waals surface area contributed by atoms with Gasteiger partial charge < -0.3 is 14.8 Å². The summed E-state index contributed by atoms with van der Waals surface area (Å²) in [5.74, 6) is 1.58. The Hall–Kier alpha value is -1.20. The standard InChI is InChI=1S/C11H19N3O2/c1-8(16-4)5-11-13-9(7-15-3)6-10(12-2)14-11/h6,8H,5,7H2,1-4H3,(H,12,13,14). The fourth-order valence-corrected chi connectivity index (χ4v) is 1.33. The van der Waals surface area contributed by atoms with Crippen molar-refractivity contribution in [3.8, 4) is 0 Å². The zero-order chi connectivity index (χ0) is 12.0. The lowest BCUT2D eigenvalue weighted by atomic mass is 10.2. The van der Waals surface area contributed by atoms with Gasteiger partial charge in [0.2, 0.25) is 0 Å². The third-order valence-electron chi connectivity index (χ3n) is 2.25. The van der Waals surface area contributed by atoms with Crippen molar-refractivity contribution in [1.82, 2.24) is 9.97 Å². The zero-order valence-electron chi connectivity index (χ0n) is 10.3. The largest absolute Gasteiger partial charge is 0.381 e. The molecule has 1 N–H and O–H groups in total. The SMILES string of the molecule is CNc1cc(COC)nc(CC(C)OC)n1. The molecule has 5 nitrogen and oxygen atoms in total. The highest BCUT2D eigenvalue weighted by Crippen LogP contribution is 2.09. The van der Waals surface area contributed by atoms with Crippen molar-refractivity contribution in [2.45, 2.75) is 26.1 Å². The van der Waals surface area contributed by atoms with Crippen molar-refractivity contribution in [2.75, 3.05) is 26.6 Å². The first-order valence-corrected chi connectivity index (χ1v) is 5.26. The Morgan fingerprint density at radius 3 is 2.69 bits per heavy atom. The Morgan fingerprint density at radius 1 is 1.38 bits per heavy atom. The van der Waals surface area contributed by atoms with Crippen molar-refractivity contribution in [3.63, 3.8) is 0 Å². The van der Waals surface area contributed by atoms with E-state index in [-0.39, 0.29) is 6.10 Å². The fourth-order valence-electron chi connectivity index (χ4n) is 1.33. The summed E-state index contributed by atoms with van der Waals surface area (Å²) >= 11 is 0. The van der Waals surface area contributed by atoms with Crippen molar-refractivity contribution in [2.24, 2.45) is 0 Å². The molecule has 0 bridgehead atoms. The summed E-state index contributed by atoms with van der Waals surface area (Å²) in [7, 11) is 5.17. The second-order valence-electron chi connectivity index (χ2n) is 3.59. The lowest BCUT2D eigenvalue weighted by Gasteiger charge is -2.10. The van der Waals surface area contributed by atoms with E-state index in [1.165, 1.54) is 0 Å². The number of hydrogen-bond acceptors (Lipinski definition) is 5. The summed E-state index contributed by atoms with van der Waals surface area (Å²) in [6, 6.07) is 1.88. The van der Waals surface area contributed by atoms with Gasteiger partial charge in [-0.15, -0.1) is 0 Å². The van der Waals surface area contributed by atoms with Crippen LogP contribution in [0.15, 0.2) is 6.07 Å². The van der Waals surface area contributed by atoms with E-state index in [4.69, 9.17) is 9.47 Å². The van der Waals surface area contributed by atoms with E-state index >= 15 is 0 Å². The highest BCUT2D eigenvalue weighted by Gasteiger charge is 2.08. The smallest absolute Gasteiger partial charge is 0.133 e. The predicted molar refractivity (Wildman–Crippen MR) is 62.5 cm³/mol. The number of hydrogen-bond donors (Lipinski definition) is 1. The Bertz CT molecular complexity index is 331. The first-order valence-electron chi connectivity index (χ1n) is 5.26. The molecule has 5 heteroatoms. The minimum absolute atomic E-state index is 0.113. The molecule has 0 amide bonds. The van der Waals surface area contributed by atoms with Gasteiger partial charge in [-0.2, -0.15) is 0 Å². The third kappa shape index (κ3) is 3.75. The molecule has 0 aliphatic heterocycles. The van der Waals surface area contributed by atoms with Gasteiger partial charge in [0.15, 0.2) is 0 Å². The number of rotatable bonds is 6. The lowest BCUT2D eigenvalue weighted by Crippen LogP contribution is -2.13. The molecule has 0 fully saturated rings. The number of ether oxygens (including phenoxy) is 2. The lowest BCUT2D eigenvalue weighted by molar-refractivity contribution is 0.117. The third-order valence-corrected chi connectivity index (χ3v) is 2.25. The van der Waals surface area contributed by atoms with Gasteiger partial charge in [-0.1, -0.05) is 0 Å². The maximum absolute atomic E-state index is 5.20. The zero-order valence-corrected chi connectivity index (χ0v) is 10.3. The van der Waals surface area contributed by atoms with Crippen LogP contribution >= 0.6 is 0 Å². The first-order chi connectivity index (χ1) is 7.69. The molecule has 0 radical (unpaired) electrons. The van der Waals surface area contributed by atoms with E-state index in [1.54, 1.807) is 14.2 Å². The topological polar surface area (TPSA) is 56.3 Å². The molecule has 90 valence electrons. The average Bonchev–Trinajstić information content (AvgIpc) is 2.29. The molecule has 0 aliphatic carbocycles. The maximum Gasteiger partial charge on any atom is 0.133 e. The quantitative estimate of drug-likeness (QED) is 0.789. The van der Waals surface area contributed by atoms with E-state index < -0.39 is 0 Å². The Balaban J connectivity index is 2.85. The predicted octanol–water partition coefficient (Wildman–Crippen LogP) is 1.24. The van der Waals surface area contributed by atoms with Crippen molar-refractivity contribution >= 4 is 5.82 Å². The monoisotopic (exact) mass is 225 g/mol. The van der Waals surface area contributed by atoms with Crippen LogP contribution in [0.2, 0.25) is 0 Å². The van der Waals surface area contributed by atoms with Crippen LogP contribution in [-0.4, -0.2) is 37.3 Å². The van der Waals surface area contributed by atoms with E-state index in [2.05, 4.69) is 15.3 Å². The van der Waals surface area contributed by atoms with Crippen LogP contribution < -0.4 is 5.32 Å². The summed E-state index contributed by atoms with van der Waals surface area (Å²) in [6.07, 6.45) is 0.811. The van der Waals surface area contributed by atoms with Crippen LogP contribution in [0.1, 0.15) is 18.4 Å². The van der Waals surface area contributed by atoms with Gasteiger partial charge in [-0.05, 0) is 6.92 Å². The number of aromatic nitrogens is 2. The van der Waals surface area contributed by atoms with E-state index in [0.29, 0.717) is 13.0 Å². The molecule has 1 unspecified atom stereocenters. The molecule has 1 rings (SSSR count). The van der Waals surface area contributed by atoms with Crippen LogP contribution in [-0.2, 0) is 22.5 Å². The number of methoxy groups -OCH3 is 2. The molecule has 0 spiro atoms. The van der Waals surface area contributed by atoms with E-state index in [0.717, 1.165) is 17.3 Å². The average molecular weight is 225 g/mol. The summed E-state index contributed by atoms with van der Waals surface area (Å²) < 4.78 is 10.3. The molecule has 16 heavy (non-hydrogen) atoms. The summed E-state index contributed by atoms with van der Waals surface area (Å²) in [5, 5.41) is 3.01. The van der Waals surface area contributed by atoms with Crippen molar-refractivity contribution in [1.29, 1.82) is 0 Å². The van der Waals surface area contributed by atoms with Gasteiger partial charge in [-0.25, -0.2) is 9.97 Å². The van der Waals surface area contributed by atoms with Crippen LogP contribution in [0.4, 0.5) is 5.82 Å². The molecule has 0 saturated carbocycles. The number of nitrogens with zero attached hydrogens (tertiary/aromatic N) is 2. The maximum atomic E-state index is 5.20. The molecule has 0 aliphatic rings. The molecule has 1 aromatic rings. The molecule has 0 aromatic carbocycles. The Morgan fingerprint density at radius 2 is 2.12 bits per heavy atom. The van der Waals surface area contributed by atoms with Gasteiger partial charge in [0.05, 0.1) is 18.4 Å².